The Morgan fingerprint density at radius 1 is 1.30 bits per heavy atom. The van der Waals surface area contributed by atoms with Crippen molar-refractivity contribution in [2.75, 3.05) is 31.6 Å². The Hall–Kier alpha value is -0.640. The van der Waals surface area contributed by atoms with Crippen molar-refractivity contribution in [3.63, 3.8) is 0 Å². The van der Waals surface area contributed by atoms with Gasteiger partial charge >= 0.3 is 0 Å². The van der Waals surface area contributed by atoms with Crippen LogP contribution in [0.4, 0.5) is 5.69 Å². The molecule has 0 spiro atoms. The Morgan fingerprint density at radius 2 is 2.05 bits per heavy atom. The first-order chi connectivity index (χ1) is 8.70. The predicted molar refractivity (Wildman–Crippen MR) is 91.2 cm³/mol. The Labute approximate surface area is 134 Å². The summed E-state index contributed by atoms with van der Waals surface area (Å²) < 4.78 is 5.27. The molecule has 1 aliphatic heterocycles. The van der Waals surface area contributed by atoms with Crippen LogP contribution in [-0.4, -0.2) is 32.8 Å². The first-order valence-electron chi connectivity index (χ1n) is 6.86. The van der Waals surface area contributed by atoms with E-state index < -0.39 is 0 Å². The van der Waals surface area contributed by atoms with Crippen LogP contribution in [0, 0.1) is 0 Å². The quantitative estimate of drug-likeness (QED) is 0.814. The molecule has 0 aliphatic carbocycles. The van der Waals surface area contributed by atoms with E-state index in [1.54, 1.807) is 7.11 Å². The van der Waals surface area contributed by atoms with Crippen molar-refractivity contribution in [3.8, 4) is 5.75 Å². The van der Waals surface area contributed by atoms with Crippen LogP contribution in [0.15, 0.2) is 18.2 Å². The highest BCUT2D eigenvalue weighted by atomic mass is 35.5. The van der Waals surface area contributed by atoms with E-state index in [1.807, 2.05) is 0 Å². The van der Waals surface area contributed by atoms with Gasteiger partial charge in [-0.3, -0.25) is 0 Å². The van der Waals surface area contributed by atoms with Gasteiger partial charge in [0.15, 0.2) is 0 Å². The lowest BCUT2D eigenvalue weighted by molar-refractivity contribution is 0.414. The van der Waals surface area contributed by atoms with Crippen LogP contribution in [0.5, 0.6) is 5.75 Å². The van der Waals surface area contributed by atoms with Crippen molar-refractivity contribution in [2.45, 2.75) is 32.7 Å². The predicted octanol–water partition coefficient (Wildman–Crippen LogP) is 3.29. The SMILES string of the molecule is COc1ccc2c(c1)CCN2CCCNC(C)C.Cl.Cl. The summed E-state index contributed by atoms with van der Waals surface area (Å²) in [6.45, 7) is 7.76. The Bertz CT molecular complexity index is 399. The van der Waals surface area contributed by atoms with Gasteiger partial charge in [-0.1, -0.05) is 13.8 Å². The smallest absolute Gasteiger partial charge is 0.119 e. The number of nitrogens with zero attached hydrogens (tertiary/aromatic N) is 1. The molecule has 1 aromatic carbocycles. The molecule has 2 rings (SSSR count). The zero-order valence-corrected chi connectivity index (χ0v) is 14.1. The van der Waals surface area contributed by atoms with Crippen LogP contribution in [0.1, 0.15) is 25.8 Å². The maximum atomic E-state index is 5.27. The van der Waals surface area contributed by atoms with E-state index >= 15 is 0 Å². The number of methoxy groups -OCH3 is 1. The first kappa shape index (κ1) is 19.4. The normalized spacial score (nSPS) is 12.7. The minimum Gasteiger partial charge on any atom is -0.497 e. The molecule has 0 unspecified atom stereocenters. The van der Waals surface area contributed by atoms with Gasteiger partial charge in [0.25, 0.3) is 0 Å². The third-order valence-electron chi connectivity index (χ3n) is 3.44. The average Bonchev–Trinajstić information content (AvgIpc) is 2.76. The van der Waals surface area contributed by atoms with Crippen molar-refractivity contribution >= 4 is 30.5 Å². The molecule has 1 aromatic rings. The van der Waals surface area contributed by atoms with Gasteiger partial charge in [-0.25, -0.2) is 0 Å². The molecule has 5 heteroatoms. The van der Waals surface area contributed by atoms with E-state index in [2.05, 4.69) is 42.3 Å². The van der Waals surface area contributed by atoms with Crippen molar-refractivity contribution in [2.24, 2.45) is 0 Å². The number of ether oxygens (including phenoxy) is 1. The molecule has 116 valence electrons. The minimum atomic E-state index is 0. The van der Waals surface area contributed by atoms with Crippen LogP contribution in [0.3, 0.4) is 0 Å². The Morgan fingerprint density at radius 3 is 2.70 bits per heavy atom. The van der Waals surface area contributed by atoms with Gasteiger partial charge in [0.2, 0.25) is 0 Å². The summed E-state index contributed by atoms with van der Waals surface area (Å²) in [7, 11) is 1.73. The minimum absolute atomic E-state index is 0. The molecule has 0 saturated carbocycles. The van der Waals surface area contributed by atoms with Crippen molar-refractivity contribution in [3.05, 3.63) is 23.8 Å². The second-order valence-electron chi connectivity index (χ2n) is 5.19. The fourth-order valence-electron chi connectivity index (χ4n) is 2.47. The van der Waals surface area contributed by atoms with Crippen molar-refractivity contribution < 1.29 is 4.74 Å². The molecule has 3 nitrogen and oxygen atoms in total. The largest absolute Gasteiger partial charge is 0.497 e. The number of hydrogen-bond acceptors (Lipinski definition) is 3. The van der Waals surface area contributed by atoms with E-state index in [4.69, 9.17) is 4.74 Å². The molecule has 1 heterocycles. The Balaban J connectivity index is 0.00000180. The summed E-state index contributed by atoms with van der Waals surface area (Å²) in [6, 6.07) is 7.00. The van der Waals surface area contributed by atoms with E-state index in [-0.39, 0.29) is 24.8 Å². The van der Waals surface area contributed by atoms with Crippen LogP contribution in [-0.2, 0) is 6.42 Å². The molecule has 1 N–H and O–H groups in total. The number of rotatable bonds is 6. The zero-order chi connectivity index (χ0) is 13.0. The molecule has 0 saturated heterocycles. The maximum Gasteiger partial charge on any atom is 0.119 e. The summed E-state index contributed by atoms with van der Waals surface area (Å²) in [5.41, 5.74) is 2.81. The van der Waals surface area contributed by atoms with Crippen molar-refractivity contribution in [1.29, 1.82) is 0 Å². The van der Waals surface area contributed by atoms with E-state index in [1.165, 1.54) is 17.7 Å². The molecule has 0 bridgehead atoms. The molecular formula is C15H26Cl2N2O. The van der Waals surface area contributed by atoms with Gasteiger partial charge in [0.05, 0.1) is 7.11 Å². The van der Waals surface area contributed by atoms with Gasteiger partial charge < -0.3 is 15.0 Å². The third kappa shape index (κ3) is 5.04. The number of anilines is 1. The molecular weight excluding hydrogens is 295 g/mol. The van der Waals surface area contributed by atoms with Gasteiger partial charge in [0.1, 0.15) is 5.75 Å². The molecule has 20 heavy (non-hydrogen) atoms. The number of nitrogens with one attached hydrogen (secondary N) is 1. The second kappa shape index (κ2) is 9.32. The summed E-state index contributed by atoms with van der Waals surface area (Å²) in [5.74, 6) is 0.970. The topological polar surface area (TPSA) is 24.5 Å². The first-order valence-corrected chi connectivity index (χ1v) is 6.86. The van der Waals surface area contributed by atoms with Gasteiger partial charge in [0, 0.05) is 24.8 Å². The molecule has 1 aliphatic rings. The third-order valence-corrected chi connectivity index (χ3v) is 3.44. The zero-order valence-electron chi connectivity index (χ0n) is 12.5. The van der Waals surface area contributed by atoms with Crippen LogP contribution < -0.4 is 15.0 Å². The highest BCUT2D eigenvalue weighted by Crippen LogP contribution is 2.31. The van der Waals surface area contributed by atoms with E-state index in [0.717, 1.165) is 31.8 Å². The molecule has 0 amide bonds. The molecule has 0 fully saturated rings. The van der Waals surface area contributed by atoms with E-state index in [0.29, 0.717) is 6.04 Å². The summed E-state index contributed by atoms with van der Waals surface area (Å²) in [6.07, 6.45) is 2.34. The standard InChI is InChI=1S/C15H24N2O.2ClH/c1-12(2)16-8-4-9-17-10-7-13-11-14(18-3)5-6-15(13)17;;/h5-6,11-12,16H,4,7-10H2,1-3H3;2*1H. The van der Waals surface area contributed by atoms with Crippen LogP contribution in [0.25, 0.3) is 0 Å². The molecule has 0 atom stereocenters. The second-order valence-corrected chi connectivity index (χ2v) is 5.19. The molecule has 0 aromatic heterocycles. The van der Waals surface area contributed by atoms with Crippen molar-refractivity contribution in [1.82, 2.24) is 5.32 Å². The lowest BCUT2D eigenvalue weighted by Crippen LogP contribution is -2.28. The number of benzene rings is 1. The van der Waals surface area contributed by atoms with E-state index in [9.17, 15) is 0 Å². The lowest BCUT2D eigenvalue weighted by Gasteiger charge is -2.20. The lowest BCUT2D eigenvalue weighted by atomic mass is 10.1. The number of halogens is 2. The van der Waals surface area contributed by atoms with Gasteiger partial charge in [-0.15, -0.1) is 24.8 Å². The number of hydrogen-bond donors (Lipinski definition) is 1. The maximum absolute atomic E-state index is 5.27. The van der Waals surface area contributed by atoms with Crippen LogP contribution in [0.2, 0.25) is 0 Å². The summed E-state index contributed by atoms with van der Waals surface area (Å²) in [5, 5.41) is 3.46. The monoisotopic (exact) mass is 320 g/mol. The van der Waals surface area contributed by atoms with Gasteiger partial charge in [-0.2, -0.15) is 0 Å². The molecule has 0 radical (unpaired) electrons. The average molecular weight is 321 g/mol. The van der Waals surface area contributed by atoms with Crippen LogP contribution >= 0.6 is 24.8 Å². The summed E-state index contributed by atoms with van der Waals surface area (Å²) >= 11 is 0. The Kier molecular flexibility index (Phi) is 9.03. The fourth-order valence-corrected chi connectivity index (χ4v) is 2.47. The summed E-state index contributed by atoms with van der Waals surface area (Å²) in [4.78, 5) is 2.48. The fraction of sp³-hybridized carbons (Fsp3) is 0.600. The highest BCUT2D eigenvalue weighted by molar-refractivity contribution is 5.85. The highest BCUT2D eigenvalue weighted by Gasteiger charge is 2.18. The van der Waals surface area contributed by atoms with Gasteiger partial charge in [-0.05, 0) is 43.1 Å². The number of fused-ring (bicyclic) bond motifs is 1.